The van der Waals surface area contributed by atoms with E-state index in [1.165, 1.54) is 0 Å². The number of amides is 1. The van der Waals surface area contributed by atoms with Crippen LogP contribution in [0.2, 0.25) is 0 Å². The number of rotatable bonds is 5. The van der Waals surface area contributed by atoms with Gasteiger partial charge in [-0.25, -0.2) is 0 Å². The molecule has 1 fully saturated rings. The van der Waals surface area contributed by atoms with Gasteiger partial charge in [-0.3, -0.25) is 9.69 Å². The largest absolute Gasteiger partial charge is 0.496 e. The highest BCUT2D eigenvalue weighted by atomic mass is 35.5. The number of nitrogens with zero attached hydrogens (tertiary/aromatic N) is 2. The summed E-state index contributed by atoms with van der Waals surface area (Å²) in [5, 5.41) is 0. The second-order valence-corrected chi connectivity index (χ2v) is 7.16. The molecule has 1 unspecified atom stereocenters. The van der Waals surface area contributed by atoms with E-state index in [0.29, 0.717) is 13.1 Å². The zero-order valence-corrected chi connectivity index (χ0v) is 15.9. The van der Waals surface area contributed by atoms with Gasteiger partial charge in [0, 0.05) is 38.3 Å². The van der Waals surface area contributed by atoms with Crippen LogP contribution in [0.15, 0.2) is 24.3 Å². The molecule has 2 N–H and O–H groups in total. The summed E-state index contributed by atoms with van der Waals surface area (Å²) in [6.07, 6.45) is 0.941. The summed E-state index contributed by atoms with van der Waals surface area (Å²) in [6, 6.07) is 8.02. The Morgan fingerprint density at radius 1 is 1.42 bits per heavy atom. The van der Waals surface area contributed by atoms with Crippen LogP contribution in [-0.4, -0.2) is 55.5 Å². The quantitative estimate of drug-likeness (QED) is 0.879. The van der Waals surface area contributed by atoms with Crippen molar-refractivity contribution >= 4 is 18.3 Å². The first-order valence-corrected chi connectivity index (χ1v) is 8.17. The van der Waals surface area contributed by atoms with Gasteiger partial charge in [-0.1, -0.05) is 32.0 Å². The van der Waals surface area contributed by atoms with E-state index in [-0.39, 0.29) is 29.8 Å². The fourth-order valence-electron chi connectivity index (χ4n) is 3.11. The van der Waals surface area contributed by atoms with Crippen LogP contribution in [0.4, 0.5) is 0 Å². The first kappa shape index (κ1) is 20.7. The minimum atomic E-state index is 0. The Balaban J connectivity index is 0.00000288. The lowest BCUT2D eigenvalue weighted by Gasteiger charge is -2.42. The maximum Gasteiger partial charge on any atom is 0.236 e. The summed E-state index contributed by atoms with van der Waals surface area (Å²) in [7, 11) is 3.50. The molecular weight excluding hydrogens is 326 g/mol. The molecule has 5 nitrogen and oxygen atoms in total. The lowest BCUT2D eigenvalue weighted by Crippen LogP contribution is -2.54. The highest BCUT2D eigenvalue weighted by Crippen LogP contribution is 2.27. The molecule has 1 aliphatic heterocycles. The Bertz CT molecular complexity index is 551. The monoisotopic (exact) mass is 355 g/mol. The minimum absolute atomic E-state index is 0. The predicted octanol–water partition coefficient (Wildman–Crippen LogP) is 2.13. The number of benzene rings is 1. The second-order valence-electron chi connectivity index (χ2n) is 7.16. The molecule has 136 valence electrons. The van der Waals surface area contributed by atoms with Crippen molar-refractivity contribution in [1.82, 2.24) is 9.80 Å². The molecule has 0 aromatic heterocycles. The van der Waals surface area contributed by atoms with Crippen LogP contribution < -0.4 is 10.5 Å². The van der Waals surface area contributed by atoms with Crippen molar-refractivity contribution in [2.24, 2.45) is 11.1 Å². The molecule has 24 heavy (non-hydrogen) atoms. The SMILES string of the molecule is COc1ccccc1CN(C)C(=O)CN1CCC(N)C(C)(C)C1.Cl. The molecule has 0 bridgehead atoms. The number of methoxy groups -OCH3 is 1. The maximum absolute atomic E-state index is 12.5. The molecule has 1 aliphatic rings. The summed E-state index contributed by atoms with van der Waals surface area (Å²) in [5.74, 6) is 0.944. The second kappa shape index (κ2) is 8.70. The normalized spacial score (nSPS) is 20.1. The Morgan fingerprint density at radius 2 is 2.08 bits per heavy atom. The molecule has 6 heteroatoms. The Kier molecular flexibility index (Phi) is 7.52. The summed E-state index contributed by atoms with van der Waals surface area (Å²) >= 11 is 0. The van der Waals surface area contributed by atoms with E-state index in [1.807, 2.05) is 31.3 Å². The van der Waals surface area contributed by atoms with E-state index in [4.69, 9.17) is 10.5 Å². The van der Waals surface area contributed by atoms with Gasteiger partial charge in [0.1, 0.15) is 5.75 Å². The highest BCUT2D eigenvalue weighted by molar-refractivity contribution is 5.85. The van der Waals surface area contributed by atoms with Crippen LogP contribution in [0, 0.1) is 5.41 Å². The van der Waals surface area contributed by atoms with Gasteiger partial charge in [0.2, 0.25) is 5.91 Å². The smallest absolute Gasteiger partial charge is 0.236 e. The number of carbonyl (C=O) groups excluding carboxylic acids is 1. The highest BCUT2D eigenvalue weighted by Gasteiger charge is 2.34. The van der Waals surface area contributed by atoms with Crippen molar-refractivity contribution in [3.05, 3.63) is 29.8 Å². The third-order valence-corrected chi connectivity index (χ3v) is 4.78. The van der Waals surface area contributed by atoms with Gasteiger partial charge in [0.15, 0.2) is 0 Å². The van der Waals surface area contributed by atoms with Gasteiger partial charge in [-0.15, -0.1) is 12.4 Å². The molecule has 1 aromatic carbocycles. The van der Waals surface area contributed by atoms with Crippen molar-refractivity contribution in [2.45, 2.75) is 32.9 Å². The standard InChI is InChI=1S/C18H29N3O2.ClH/c1-18(2)13-21(10-9-16(18)19)12-17(22)20(3)11-14-7-5-6-8-15(14)23-4;/h5-8,16H,9-13,19H2,1-4H3;1H. The fourth-order valence-corrected chi connectivity index (χ4v) is 3.11. The average Bonchev–Trinajstić information content (AvgIpc) is 2.51. The van der Waals surface area contributed by atoms with Crippen LogP contribution >= 0.6 is 12.4 Å². The third-order valence-electron chi connectivity index (χ3n) is 4.78. The van der Waals surface area contributed by atoms with Crippen molar-refractivity contribution in [3.8, 4) is 5.75 Å². The summed E-state index contributed by atoms with van der Waals surface area (Å²) < 4.78 is 5.35. The summed E-state index contributed by atoms with van der Waals surface area (Å²) in [4.78, 5) is 16.5. The molecule has 2 rings (SSSR count). The van der Waals surface area contributed by atoms with Gasteiger partial charge in [0.05, 0.1) is 13.7 Å². The average molecular weight is 356 g/mol. The van der Waals surface area contributed by atoms with Crippen LogP contribution in [0.5, 0.6) is 5.75 Å². The molecule has 1 heterocycles. The van der Waals surface area contributed by atoms with E-state index in [9.17, 15) is 4.79 Å². The van der Waals surface area contributed by atoms with E-state index >= 15 is 0 Å². The van der Waals surface area contributed by atoms with Crippen molar-refractivity contribution in [2.75, 3.05) is 33.8 Å². The molecule has 0 spiro atoms. The molecule has 0 saturated carbocycles. The first-order valence-electron chi connectivity index (χ1n) is 8.17. The zero-order valence-electron chi connectivity index (χ0n) is 15.1. The number of hydrogen-bond donors (Lipinski definition) is 1. The number of piperidine rings is 1. The van der Waals surface area contributed by atoms with Crippen LogP contribution in [0.1, 0.15) is 25.8 Å². The number of nitrogens with two attached hydrogens (primary N) is 1. The number of carbonyl (C=O) groups is 1. The number of likely N-dealkylation sites (tertiary alicyclic amines) is 1. The van der Waals surface area contributed by atoms with Crippen molar-refractivity contribution in [3.63, 3.8) is 0 Å². The molecule has 0 radical (unpaired) electrons. The number of halogens is 1. The van der Waals surface area contributed by atoms with Crippen LogP contribution in [0.25, 0.3) is 0 Å². The van der Waals surface area contributed by atoms with Gasteiger partial charge in [-0.05, 0) is 17.9 Å². The van der Waals surface area contributed by atoms with Crippen LogP contribution in [0.3, 0.4) is 0 Å². The minimum Gasteiger partial charge on any atom is -0.496 e. The zero-order chi connectivity index (χ0) is 17.0. The van der Waals surface area contributed by atoms with E-state index in [2.05, 4.69) is 18.7 Å². The number of likely N-dealkylation sites (N-methyl/N-ethyl adjacent to an activating group) is 1. The Morgan fingerprint density at radius 3 is 2.71 bits per heavy atom. The molecular formula is C18H30ClN3O2. The molecule has 0 aliphatic carbocycles. The molecule has 1 aromatic rings. The molecule has 1 saturated heterocycles. The summed E-state index contributed by atoms with van der Waals surface area (Å²) in [6.45, 7) is 7.10. The molecule has 1 atom stereocenters. The van der Waals surface area contributed by atoms with Gasteiger partial charge in [-0.2, -0.15) is 0 Å². The molecule has 1 amide bonds. The topological polar surface area (TPSA) is 58.8 Å². The van der Waals surface area contributed by atoms with E-state index in [1.54, 1.807) is 12.0 Å². The predicted molar refractivity (Wildman–Crippen MR) is 99.5 cm³/mol. The lowest BCUT2D eigenvalue weighted by atomic mass is 9.80. The van der Waals surface area contributed by atoms with Gasteiger partial charge >= 0.3 is 0 Å². The van der Waals surface area contributed by atoms with E-state index in [0.717, 1.165) is 30.8 Å². The Labute approximate surface area is 151 Å². The van der Waals surface area contributed by atoms with Crippen LogP contribution in [-0.2, 0) is 11.3 Å². The van der Waals surface area contributed by atoms with Gasteiger partial charge in [0.25, 0.3) is 0 Å². The first-order chi connectivity index (χ1) is 10.8. The summed E-state index contributed by atoms with van der Waals surface area (Å²) in [5.41, 5.74) is 7.24. The lowest BCUT2D eigenvalue weighted by molar-refractivity contribution is -0.132. The number of hydrogen-bond acceptors (Lipinski definition) is 4. The number of ether oxygens (including phenoxy) is 1. The third kappa shape index (κ3) is 5.10. The maximum atomic E-state index is 12.5. The van der Waals surface area contributed by atoms with Crippen molar-refractivity contribution < 1.29 is 9.53 Å². The fraction of sp³-hybridized carbons (Fsp3) is 0.611. The van der Waals surface area contributed by atoms with Gasteiger partial charge < -0.3 is 15.4 Å². The number of para-hydroxylation sites is 1. The Hall–Kier alpha value is -1.30. The van der Waals surface area contributed by atoms with Crippen molar-refractivity contribution in [1.29, 1.82) is 0 Å². The van der Waals surface area contributed by atoms with E-state index < -0.39 is 0 Å².